The molecule has 0 bridgehead atoms. The van der Waals surface area contributed by atoms with Crippen LogP contribution >= 0.6 is 0 Å². The molecule has 0 heterocycles. The van der Waals surface area contributed by atoms with E-state index in [4.69, 9.17) is 0 Å². The van der Waals surface area contributed by atoms with E-state index in [1.165, 1.54) is 0 Å². The van der Waals surface area contributed by atoms with Gasteiger partial charge in [0.1, 0.15) is 0 Å². The van der Waals surface area contributed by atoms with Crippen LogP contribution in [0, 0.1) is 13.8 Å². The first kappa shape index (κ1) is 13.0. The molecule has 0 aromatic heterocycles. The van der Waals surface area contributed by atoms with Gasteiger partial charge in [-0.2, -0.15) is 0 Å². The number of ketones is 1. The summed E-state index contributed by atoms with van der Waals surface area (Å²) in [7, 11) is 0. The normalized spacial score (nSPS) is 10.0. The number of benzene rings is 2. The van der Waals surface area contributed by atoms with Crippen LogP contribution in [0.25, 0.3) is 0 Å². The highest BCUT2D eigenvalue weighted by Crippen LogP contribution is 2.10. The van der Waals surface area contributed by atoms with E-state index in [2.05, 4.69) is 5.32 Å². The van der Waals surface area contributed by atoms with E-state index < -0.39 is 11.7 Å². The zero-order valence-electron chi connectivity index (χ0n) is 10.9. The van der Waals surface area contributed by atoms with Crippen LogP contribution in [0.15, 0.2) is 48.5 Å². The van der Waals surface area contributed by atoms with Crippen molar-refractivity contribution in [1.29, 1.82) is 0 Å². The highest BCUT2D eigenvalue weighted by atomic mass is 16.2. The minimum atomic E-state index is -0.616. The Labute approximate surface area is 112 Å². The molecule has 0 aliphatic carbocycles. The molecule has 3 nitrogen and oxygen atoms in total. The molecule has 0 aliphatic rings. The number of carbonyl (C=O) groups excluding carboxylic acids is 2. The molecule has 0 unspecified atom stereocenters. The lowest BCUT2D eigenvalue weighted by molar-refractivity contribution is -0.112. The lowest BCUT2D eigenvalue weighted by Crippen LogP contribution is -2.22. The summed E-state index contributed by atoms with van der Waals surface area (Å²) in [6.45, 7) is 3.85. The number of nitrogens with one attached hydrogen (secondary N) is 1. The van der Waals surface area contributed by atoms with Gasteiger partial charge in [-0.1, -0.05) is 41.5 Å². The molecule has 0 saturated heterocycles. The number of amides is 1. The van der Waals surface area contributed by atoms with Crippen LogP contribution in [-0.4, -0.2) is 11.7 Å². The summed E-state index contributed by atoms with van der Waals surface area (Å²) in [6, 6.07) is 14.3. The van der Waals surface area contributed by atoms with Gasteiger partial charge in [-0.15, -0.1) is 0 Å². The van der Waals surface area contributed by atoms with Gasteiger partial charge in [0.2, 0.25) is 0 Å². The van der Waals surface area contributed by atoms with E-state index in [0.717, 1.165) is 11.1 Å². The van der Waals surface area contributed by atoms with Gasteiger partial charge in [0, 0.05) is 11.3 Å². The number of Topliss-reactive ketones (excluding diaryl/α,β-unsaturated/α-hetero) is 1. The molecular formula is C16H15NO2. The Hall–Kier alpha value is -2.42. The summed E-state index contributed by atoms with van der Waals surface area (Å²) in [6.07, 6.45) is 0. The lowest BCUT2D eigenvalue weighted by atomic mass is 10.1. The molecule has 19 heavy (non-hydrogen) atoms. The maximum atomic E-state index is 12.0. The van der Waals surface area contributed by atoms with E-state index in [9.17, 15) is 9.59 Å². The van der Waals surface area contributed by atoms with Crippen molar-refractivity contribution in [1.82, 2.24) is 0 Å². The molecule has 0 spiro atoms. The van der Waals surface area contributed by atoms with Crippen molar-refractivity contribution < 1.29 is 9.59 Å². The molecule has 1 N–H and O–H groups in total. The van der Waals surface area contributed by atoms with Crippen LogP contribution in [0.4, 0.5) is 5.69 Å². The summed E-state index contributed by atoms with van der Waals surface area (Å²) in [5.41, 5.74) is 3.08. The van der Waals surface area contributed by atoms with Crippen molar-refractivity contribution >= 4 is 17.4 Å². The van der Waals surface area contributed by atoms with Crippen LogP contribution in [0.3, 0.4) is 0 Å². The van der Waals surface area contributed by atoms with Crippen molar-refractivity contribution in [3.8, 4) is 0 Å². The molecule has 0 saturated carbocycles. The van der Waals surface area contributed by atoms with Crippen LogP contribution in [0.2, 0.25) is 0 Å². The smallest absolute Gasteiger partial charge is 0.296 e. The molecule has 2 aromatic carbocycles. The van der Waals surface area contributed by atoms with Gasteiger partial charge < -0.3 is 5.32 Å². The van der Waals surface area contributed by atoms with Crippen LogP contribution < -0.4 is 5.32 Å². The predicted molar refractivity (Wildman–Crippen MR) is 75.3 cm³/mol. The van der Waals surface area contributed by atoms with Crippen molar-refractivity contribution in [2.24, 2.45) is 0 Å². The zero-order chi connectivity index (χ0) is 13.8. The molecule has 3 heteroatoms. The van der Waals surface area contributed by atoms with Crippen molar-refractivity contribution in [2.45, 2.75) is 13.8 Å². The Morgan fingerprint density at radius 3 is 2.21 bits per heavy atom. The van der Waals surface area contributed by atoms with Gasteiger partial charge in [0.05, 0.1) is 0 Å². The molecule has 96 valence electrons. The average Bonchev–Trinajstić information content (AvgIpc) is 2.40. The Morgan fingerprint density at radius 2 is 1.58 bits per heavy atom. The highest BCUT2D eigenvalue weighted by Gasteiger charge is 2.16. The number of hydrogen-bond acceptors (Lipinski definition) is 2. The van der Waals surface area contributed by atoms with Crippen molar-refractivity contribution in [3.05, 3.63) is 65.2 Å². The first-order valence-corrected chi connectivity index (χ1v) is 6.05. The monoisotopic (exact) mass is 253 g/mol. The SMILES string of the molecule is Cc1ccc(NC(=O)C(=O)c2cccc(C)c2)cc1. The number of hydrogen-bond donors (Lipinski definition) is 1. The first-order valence-electron chi connectivity index (χ1n) is 6.05. The maximum absolute atomic E-state index is 12.0. The molecule has 1 amide bonds. The fourth-order valence-electron chi connectivity index (χ4n) is 1.74. The van der Waals surface area contributed by atoms with E-state index in [1.807, 2.05) is 32.0 Å². The van der Waals surface area contributed by atoms with Crippen LogP contribution in [0.5, 0.6) is 0 Å². The minimum absolute atomic E-state index is 0.407. The Bertz CT molecular complexity index is 615. The second-order valence-electron chi connectivity index (χ2n) is 4.52. The highest BCUT2D eigenvalue weighted by molar-refractivity contribution is 6.46. The van der Waals surface area contributed by atoms with E-state index >= 15 is 0 Å². The average molecular weight is 253 g/mol. The third-order valence-electron chi connectivity index (χ3n) is 2.80. The summed E-state index contributed by atoms with van der Waals surface area (Å²) in [5.74, 6) is -1.14. The van der Waals surface area contributed by atoms with E-state index in [0.29, 0.717) is 11.3 Å². The number of anilines is 1. The van der Waals surface area contributed by atoms with Gasteiger partial charge in [0.15, 0.2) is 0 Å². The molecule has 0 atom stereocenters. The maximum Gasteiger partial charge on any atom is 0.296 e. The van der Waals surface area contributed by atoms with E-state index in [-0.39, 0.29) is 0 Å². The first-order chi connectivity index (χ1) is 9.06. The van der Waals surface area contributed by atoms with E-state index in [1.54, 1.807) is 30.3 Å². The van der Waals surface area contributed by atoms with Gasteiger partial charge in [0.25, 0.3) is 11.7 Å². The molecule has 0 aliphatic heterocycles. The molecule has 2 aromatic rings. The number of rotatable bonds is 3. The minimum Gasteiger partial charge on any atom is -0.319 e. The van der Waals surface area contributed by atoms with Crippen molar-refractivity contribution in [3.63, 3.8) is 0 Å². The van der Waals surface area contributed by atoms with Gasteiger partial charge in [-0.3, -0.25) is 9.59 Å². The predicted octanol–water partition coefficient (Wildman–Crippen LogP) is 3.12. The summed E-state index contributed by atoms with van der Waals surface area (Å²) in [4.78, 5) is 23.8. The topological polar surface area (TPSA) is 46.2 Å². The largest absolute Gasteiger partial charge is 0.319 e. The van der Waals surface area contributed by atoms with Crippen molar-refractivity contribution in [2.75, 3.05) is 5.32 Å². The summed E-state index contributed by atoms with van der Waals surface area (Å²) in [5, 5.41) is 2.60. The second kappa shape index (κ2) is 5.48. The second-order valence-corrected chi connectivity index (χ2v) is 4.52. The lowest BCUT2D eigenvalue weighted by Gasteiger charge is -2.05. The van der Waals surface area contributed by atoms with Crippen LogP contribution in [0.1, 0.15) is 21.5 Å². The fraction of sp³-hybridized carbons (Fsp3) is 0.125. The molecule has 2 rings (SSSR count). The fourth-order valence-corrected chi connectivity index (χ4v) is 1.74. The molecule has 0 fully saturated rings. The number of aryl methyl sites for hydroxylation is 2. The molecule has 0 radical (unpaired) electrons. The molecular weight excluding hydrogens is 238 g/mol. The standard InChI is InChI=1S/C16H15NO2/c1-11-6-8-14(9-7-11)17-16(19)15(18)13-5-3-4-12(2)10-13/h3-10H,1-2H3,(H,17,19). The Balaban J connectivity index is 2.12. The summed E-state index contributed by atoms with van der Waals surface area (Å²) < 4.78 is 0. The summed E-state index contributed by atoms with van der Waals surface area (Å²) >= 11 is 0. The zero-order valence-corrected chi connectivity index (χ0v) is 10.9. The third kappa shape index (κ3) is 3.28. The Kier molecular flexibility index (Phi) is 3.76. The Morgan fingerprint density at radius 1 is 0.895 bits per heavy atom. The van der Waals surface area contributed by atoms with Gasteiger partial charge >= 0.3 is 0 Å². The number of carbonyl (C=O) groups is 2. The van der Waals surface area contributed by atoms with Gasteiger partial charge in [-0.05, 0) is 32.0 Å². The van der Waals surface area contributed by atoms with Gasteiger partial charge in [-0.25, -0.2) is 0 Å². The third-order valence-corrected chi connectivity index (χ3v) is 2.80. The quantitative estimate of drug-likeness (QED) is 0.674. The van der Waals surface area contributed by atoms with Crippen LogP contribution in [-0.2, 0) is 4.79 Å².